The number of rotatable bonds is 3. The summed E-state index contributed by atoms with van der Waals surface area (Å²) in [4.78, 5) is 15.6. The van der Waals surface area contributed by atoms with Gasteiger partial charge in [0.25, 0.3) is 5.91 Å². The number of anilines is 1. The molecule has 0 bridgehead atoms. The van der Waals surface area contributed by atoms with Crippen LogP contribution in [0.4, 0.5) is 23.2 Å². The summed E-state index contributed by atoms with van der Waals surface area (Å²) in [5.74, 6) is -1.64. The minimum atomic E-state index is -4.67. The maximum absolute atomic E-state index is 14.5. The fraction of sp³-hybridized carbons (Fsp3) is 0.409. The lowest BCUT2D eigenvalue weighted by Gasteiger charge is -2.21. The highest BCUT2D eigenvalue weighted by molar-refractivity contribution is 6.03. The molecule has 1 aromatic carbocycles. The number of aromatic nitrogens is 3. The first-order valence-corrected chi connectivity index (χ1v) is 10.4. The van der Waals surface area contributed by atoms with Crippen molar-refractivity contribution in [3.63, 3.8) is 0 Å². The summed E-state index contributed by atoms with van der Waals surface area (Å²) in [5, 5.41) is 7.39. The highest BCUT2D eigenvalue weighted by Crippen LogP contribution is 2.31. The van der Waals surface area contributed by atoms with Gasteiger partial charge in [-0.2, -0.15) is 18.3 Å². The third kappa shape index (κ3) is 5.21. The van der Waals surface area contributed by atoms with E-state index in [-0.39, 0.29) is 11.7 Å². The number of pyridine rings is 1. The maximum Gasteiger partial charge on any atom is 0.433 e. The summed E-state index contributed by atoms with van der Waals surface area (Å²) in [6, 6.07) is 5.90. The second kappa shape index (κ2) is 9.45. The lowest BCUT2D eigenvalue weighted by atomic mass is 9.96. The Balaban J connectivity index is 0.00000132. The van der Waals surface area contributed by atoms with Crippen molar-refractivity contribution in [1.29, 1.82) is 0 Å². The molecule has 0 unspecified atom stereocenters. The normalized spacial score (nSPS) is 14.8. The van der Waals surface area contributed by atoms with Gasteiger partial charge in [0.2, 0.25) is 0 Å². The highest BCUT2D eigenvalue weighted by Gasteiger charge is 2.33. The van der Waals surface area contributed by atoms with E-state index in [2.05, 4.69) is 15.4 Å². The van der Waals surface area contributed by atoms with Gasteiger partial charge in [-0.1, -0.05) is 39.2 Å². The zero-order valence-electron chi connectivity index (χ0n) is 17.3. The molecule has 4 rings (SSSR count). The van der Waals surface area contributed by atoms with Gasteiger partial charge in [-0.25, -0.2) is 9.37 Å². The molecule has 2 heterocycles. The largest absolute Gasteiger partial charge is 0.433 e. The van der Waals surface area contributed by atoms with Crippen LogP contribution in [0.1, 0.15) is 68.2 Å². The van der Waals surface area contributed by atoms with E-state index < -0.39 is 29.3 Å². The SMILES string of the molecule is CC.O=C(Nc1cc2cn(C3CCCCC3)nc2cc1F)c1cccc(C(F)(F)F)n1. The van der Waals surface area contributed by atoms with Crippen LogP contribution < -0.4 is 5.32 Å². The smallest absolute Gasteiger partial charge is 0.318 e. The van der Waals surface area contributed by atoms with Crippen molar-refractivity contribution in [2.75, 3.05) is 5.32 Å². The lowest BCUT2D eigenvalue weighted by molar-refractivity contribution is -0.141. The van der Waals surface area contributed by atoms with E-state index in [1.165, 1.54) is 18.6 Å². The molecule has 1 fully saturated rings. The Morgan fingerprint density at radius 2 is 1.84 bits per heavy atom. The molecule has 9 heteroatoms. The number of carbonyl (C=O) groups excluding carboxylic acids is 1. The molecule has 1 aliphatic carbocycles. The molecule has 1 saturated carbocycles. The Labute approximate surface area is 177 Å². The number of nitrogens with one attached hydrogen (secondary N) is 1. The zero-order chi connectivity index (χ0) is 22.6. The molecule has 166 valence electrons. The molecular weight excluding hydrogens is 412 g/mol. The highest BCUT2D eigenvalue weighted by atomic mass is 19.4. The minimum Gasteiger partial charge on any atom is -0.318 e. The van der Waals surface area contributed by atoms with E-state index in [0.29, 0.717) is 10.9 Å². The number of carbonyl (C=O) groups is 1. The number of nitrogens with zero attached hydrogens (tertiary/aromatic N) is 3. The molecule has 0 radical (unpaired) electrons. The number of benzene rings is 1. The van der Waals surface area contributed by atoms with Gasteiger partial charge in [0, 0.05) is 17.6 Å². The summed E-state index contributed by atoms with van der Waals surface area (Å²) in [6.07, 6.45) is 2.62. The van der Waals surface area contributed by atoms with Gasteiger partial charge in [0.05, 0.1) is 17.2 Å². The third-order valence-electron chi connectivity index (χ3n) is 5.08. The van der Waals surface area contributed by atoms with E-state index >= 15 is 0 Å². The fourth-order valence-corrected chi connectivity index (χ4v) is 3.60. The van der Waals surface area contributed by atoms with Crippen molar-refractivity contribution in [3.8, 4) is 0 Å². The van der Waals surface area contributed by atoms with Crippen molar-refractivity contribution in [1.82, 2.24) is 14.8 Å². The molecule has 0 spiro atoms. The van der Waals surface area contributed by atoms with Gasteiger partial charge in [-0.15, -0.1) is 0 Å². The molecule has 0 atom stereocenters. The quantitative estimate of drug-likeness (QED) is 0.485. The second-order valence-corrected chi connectivity index (χ2v) is 7.15. The van der Waals surface area contributed by atoms with Crippen molar-refractivity contribution in [2.45, 2.75) is 58.2 Å². The maximum atomic E-state index is 14.5. The molecule has 31 heavy (non-hydrogen) atoms. The number of halogens is 4. The molecule has 2 aromatic heterocycles. The standard InChI is InChI=1S/C20H18F4N4O.C2H6/c21-14-10-16-12(11-28(27-16)13-5-2-1-3-6-13)9-17(14)26-19(29)15-7-4-8-18(25-15)20(22,23)24;1-2/h4,7-11,13H,1-3,5-6H2,(H,26,29);1-2H3. The second-order valence-electron chi connectivity index (χ2n) is 7.15. The molecule has 1 N–H and O–H groups in total. The zero-order valence-corrected chi connectivity index (χ0v) is 17.3. The molecule has 1 aliphatic rings. The van der Waals surface area contributed by atoms with Crippen LogP contribution in [0.5, 0.6) is 0 Å². The monoisotopic (exact) mass is 436 g/mol. The summed E-state index contributed by atoms with van der Waals surface area (Å²) >= 11 is 0. The van der Waals surface area contributed by atoms with E-state index in [4.69, 9.17) is 0 Å². The Kier molecular flexibility index (Phi) is 6.92. The predicted octanol–water partition coefficient (Wildman–Crippen LogP) is 6.37. The molecule has 0 aliphatic heterocycles. The van der Waals surface area contributed by atoms with Crippen LogP contribution in [0, 0.1) is 5.82 Å². The van der Waals surface area contributed by atoms with E-state index in [0.717, 1.165) is 43.9 Å². The van der Waals surface area contributed by atoms with Gasteiger partial charge in [0.1, 0.15) is 17.2 Å². The number of alkyl halides is 3. The van der Waals surface area contributed by atoms with Crippen molar-refractivity contribution in [3.05, 3.63) is 53.7 Å². The van der Waals surface area contributed by atoms with Crippen LogP contribution in [0.25, 0.3) is 10.9 Å². The van der Waals surface area contributed by atoms with Crippen LogP contribution in [0.2, 0.25) is 0 Å². The van der Waals surface area contributed by atoms with Gasteiger partial charge < -0.3 is 5.32 Å². The molecule has 0 saturated heterocycles. The number of hydrogen-bond donors (Lipinski definition) is 1. The Hall–Kier alpha value is -2.97. The van der Waals surface area contributed by atoms with Crippen LogP contribution in [0.15, 0.2) is 36.5 Å². The van der Waals surface area contributed by atoms with Crippen molar-refractivity contribution in [2.24, 2.45) is 0 Å². The predicted molar refractivity (Wildman–Crippen MR) is 110 cm³/mol. The summed E-state index contributed by atoms with van der Waals surface area (Å²) in [6.45, 7) is 4.00. The summed E-state index contributed by atoms with van der Waals surface area (Å²) in [5.41, 5.74) is -1.31. The van der Waals surface area contributed by atoms with E-state index in [9.17, 15) is 22.4 Å². The Morgan fingerprint density at radius 3 is 2.52 bits per heavy atom. The van der Waals surface area contributed by atoms with Gasteiger partial charge >= 0.3 is 6.18 Å². The average Bonchev–Trinajstić information content (AvgIpc) is 3.18. The fourth-order valence-electron chi connectivity index (χ4n) is 3.60. The Morgan fingerprint density at radius 1 is 1.13 bits per heavy atom. The number of amides is 1. The Bertz CT molecular complexity index is 1060. The van der Waals surface area contributed by atoms with Gasteiger partial charge in [-0.05, 0) is 31.0 Å². The molecular formula is C22H24F4N4O. The van der Waals surface area contributed by atoms with Crippen molar-refractivity contribution >= 4 is 22.5 Å². The van der Waals surface area contributed by atoms with Gasteiger partial charge in [-0.3, -0.25) is 9.48 Å². The van der Waals surface area contributed by atoms with Crippen LogP contribution >= 0.6 is 0 Å². The molecule has 5 nitrogen and oxygen atoms in total. The van der Waals surface area contributed by atoms with Crippen LogP contribution in [-0.4, -0.2) is 20.7 Å². The van der Waals surface area contributed by atoms with E-state index in [1.54, 1.807) is 0 Å². The third-order valence-corrected chi connectivity index (χ3v) is 5.08. The van der Waals surface area contributed by atoms with Crippen LogP contribution in [0.3, 0.4) is 0 Å². The first-order valence-electron chi connectivity index (χ1n) is 10.4. The number of fused-ring (bicyclic) bond motifs is 1. The molecule has 3 aromatic rings. The van der Waals surface area contributed by atoms with Crippen molar-refractivity contribution < 1.29 is 22.4 Å². The number of hydrogen-bond acceptors (Lipinski definition) is 3. The topological polar surface area (TPSA) is 59.8 Å². The van der Waals surface area contributed by atoms with Gasteiger partial charge in [0.15, 0.2) is 0 Å². The van der Waals surface area contributed by atoms with Crippen LogP contribution in [-0.2, 0) is 6.18 Å². The van der Waals surface area contributed by atoms with E-state index in [1.807, 2.05) is 24.7 Å². The molecule has 1 amide bonds. The summed E-state index contributed by atoms with van der Waals surface area (Å²) < 4.78 is 54.7. The summed E-state index contributed by atoms with van der Waals surface area (Å²) in [7, 11) is 0. The first-order chi connectivity index (χ1) is 14.8. The minimum absolute atomic E-state index is 0.134. The lowest BCUT2D eigenvalue weighted by Crippen LogP contribution is -2.17. The first kappa shape index (κ1) is 22.7. The average molecular weight is 436 g/mol.